The van der Waals surface area contributed by atoms with Crippen molar-refractivity contribution in [2.24, 2.45) is 0 Å². The van der Waals surface area contributed by atoms with Gasteiger partial charge in [0.05, 0.1) is 22.3 Å². The monoisotopic (exact) mass is 370 g/mol. The van der Waals surface area contributed by atoms with Crippen LogP contribution in [0.5, 0.6) is 0 Å². The molecule has 0 unspecified atom stereocenters. The Hall–Kier alpha value is -0.000000000000000139. The van der Waals surface area contributed by atoms with Crippen LogP contribution >= 0.6 is 62.1 Å². The van der Waals surface area contributed by atoms with Gasteiger partial charge in [0, 0.05) is 15.5 Å². The molecular weight excluding hydrogens is 366 g/mol. The summed E-state index contributed by atoms with van der Waals surface area (Å²) in [6, 6.07) is 3.57. The molecule has 1 aromatic carbocycles. The third-order valence-electron chi connectivity index (χ3n) is 1.97. The van der Waals surface area contributed by atoms with Crippen LogP contribution in [0.4, 0.5) is 5.69 Å². The molecular formula is C10H6BrCl3N2S. The molecule has 2 nitrogen and oxygen atoms in total. The van der Waals surface area contributed by atoms with E-state index in [4.69, 9.17) is 34.8 Å². The van der Waals surface area contributed by atoms with Crippen molar-refractivity contribution >= 4 is 67.8 Å². The normalized spacial score (nSPS) is 10.6. The molecule has 0 aliphatic heterocycles. The van der Waals surface area contributed by atoms with Crippen LogP contribution in [0.2, 0.25) is 14.5 Å². The molecule has 2 aromatic rings. The Labute approximate surface area is 126 Å². The Morgan fingerprint density at radius 1 is 1.24 bits per heavy atom. The predicted molar refractivity (Wildman–Crippen MR) is 78.6 cm³/mol. The third kappa shape index (κ3) is 3.48. The molecule has 1 aromatic heterocycles. The van der Waals surface area contributed by atoms with Crippen LogP contribution in [-0.2, 0) is 6.54 Å². The van der Waals surface area contributed by atoms with Gasteiger partial charge in [0.25, 0.3) is 0 Å². The smallest absolute Gasteiger partial charge is 0.183 e. The first-order chi connectivity index (χ1) is 8.06. The molecule has 1 N–H and O–H groups in total. The highest BCUT2D eigenvalue weighted by Crippen LogP contribution is 2.34. The summed E-state index contributed by atoms with van der Waals surface area (Å²) in [6.07, 6.45) is 1.72. The summed E-state index contributed by atoms with van der Waals surface area (Å²) >= 11 is 22.7. The van der Waals surface area contributed by atoms with Crippen molar-refractivity contribution in [3.8, 4) is 0 Å². The summed E-state index contributed by atoms with van der Waals surface area (Å²) in [5.41, 5.74) is 0.709. The van der Waals surface area contributed by atoms with Gasteiger partial charge < -0.3 is 5.32 Å². The van der Waals surface area contributed by atoms with E-state index in [0.717, 1.165) is 9.35 Å². The quantitative estimate of drug-likeness (QED) is 0.772. The van der Waals surface area contributed by atoms with Crippen LogP contribution in [0.25, 0.3) is 0 Å². The van der Waals surface area contributed by atoms with Gasteiger partial charge in [-0.05, 0) is 12.1 Å². The molecule has 90 valence electrons. The van der Waals surface area contributed by atoms with Crippen LogP contribution < -0.4 is 5.32 Å². The largest absolute Gasteiger partial charge is 0.378 e. The Kier molecular flexibility index (Phi) is 4.55. The fourth-order valence-corrected chi connectivity index (χ4v) is 3.51. The van der Waals surface area contributed by atoms with Crippen LogP contribution in [0.3, 0.4) is 0 Å². The van der Waals surface area contributed by atoms with Crippen molar-refractivity contribution in [1.29, 1.82) is 0 Å². The van der Waals surface area contributed by atoms with E-state index in [9.17, 15) is 0 Å². The van der Waals surface area contributed by atoms with Crippen molar-refractivity contribution in [2.75, 3.05) is 5.32 Å². The maximum atomic E-state index is 6.09. The third-order valence-corrected chi connectivity index (χ3v) is 4.14. The fraction of sp³-hybridized carbons (Fsp3) is 0.100. The molecule has 0 saturated carbocycles. The van der Waals surface area contributed by atoms with Gasteiger partial charge in [0.15, 0.2) is 4.47 Å². The first-order valence-corrected chi connectivity index (χ1v) is 7.29. The molecule has 0 aliphatic rings. The van der Waals surface area contributed by atoms with Crippen LogP contribution in [0, 0.1) is 0 Å². The fourth-order valence-electron chi connectivity index (χ4n) is 1.25. The SMILES string of the molecule is Clc1ncc(CNc2c(Cl)cc(Br)cc2Cl)s1. The predicted octanol–water partition coefficient (Wildman–Crippen LogP) is 5.48. The second kappa shape index (κ2) is 5.76. The summed E-state index contributed by atoms with van der Waals surface area (Å²) in [7, 11) is 0. The van der Waals surface area contributed by atoms with Gasteiger partial charge in [-0.15, -0.1) is 11.3 Å². The lowest BCUT2D eigenvalue weighted by Gasteiger charge is -2.09. The van der Waals surface area contributed by atoms with Crippen molar-refractivity contribution in [3.63, 3.8) is 0 Å². The van der Waals surface area contributed by atoms with E-state index in [0.29, 0.717) is 26.7 Å². The zero-order chi connectivity index (χ0) is 12.4. The highest BCUT2D eigenvalue weighted by atomic mass is 79.9. The summed E-state index contributed by atoms with van der Waals surface area (Å²) in [4.78, 5) is 4.98. The van der Waals surface area contributed by atoms with Crippen molar-refractivity contribution < 1.29 is 0 Å². The van der Waals surface area contributed by atoms with Gasteiger partial charge in [-0.2, -0.15) is 0 Å². The molecule has 0 amide bonds. The van der Waals surface area contributed by atoms with Crippen molar-refractivity contribution in [2.45, 2.75) is 6.54 Å². The molecule has 1 heterocycles. The Morgan fingerprint density at radius 3 is 2.41 bits per heavy atom. The van der Waals surface area contributed by atoms with Crippen LogP contribution in [0.1, 0.15) is 4.88 Å². The molecule has 7 heteroatoms. The minimum Gasteiger partial charge on any atom is -0.378 e. The van der Waals surface area contributed by atoms with Crippen molar-refractivity contribution in [3.05, 3.63) is 42.2 Å². The van der Waals surface area contributed by atoms with E-state index in [-0.39, 0.29) is 0 Å². The lowest BCUT2D eigenvalue weighted by Crippen LogP contribution is -1.98. The number of rotatable bonds is 3. The first kappa shape index (κ1) is 13.4. The molecule has 0 saturated heterocycles. The second-order valence-corrected chi connectivity index (χ2v) is 6.60. The van der Waals surface area contributed by atoms with E-state index < -0.39 is 0 Å². The number of halogens is 4. The summed E-state index contributed by atoms with van der Waals surface area (Å²) in [6.45, 7) is 0.589. The summed E-state index contributed by atoms with van der Waals surface area (Å²) in [5.74, 6) is 0. The minimum atomic E-state index is 0.523. The Morgan fingerprint density at radius 2 is 1.88 bits per heavy atom. The standard InChI is InChI=1S/C10H6BrCl3N2S/c11-5-1-7(12)9(8(13)2-5)15-3-6-4-16-10(14)17-6/h1-2,4,15H,3H2. The molecule has 0 atom stereocenters. The highest BCUT2D eigenvalue weighted by molar-refractivity contribution is 9.10. The summed E-state index contributed by atoms with van der Waals surface area (Å²) in [5, 5.41) is 4.30. The van der Waals surface area contributed by atoms with Crippen molar-refractivity contribution in [1.82, 2.24) is 4.98 Å². The zero-order valence-electron chi connectivity index (χ0n) is 8.31. The van der Waals surface area contributed by atoms with Gasteiger partial charge in [0.2, 0.25) is 0 Å². The average molecular weight is 373 g/mol. The first-order valence-electron chi connectivity index (χ1n) is 4.55. The van der Waals surface area contributed by atoms with E-state index in [1.54, 1.807) is 18.3 Å². The van der Waals surface area contributed by atoms with Gasteiger partial charge in [-0.1, -0.05) is 50.7 Å². The van der Waals surface area contributed by atoms with E-state index >= 15 is 0 Å². The van der Waals surface area contributed by atoms with E-state index in [1.807, 2.05) is 0 Å². The topological polar surface area (TPSA) is 24.9 Å². The van der Waals surface area contributed by atoms with Gasteiger partial charge in [0.1, 0.15) is 0 Å². The van der Waals surface area contributed by atoms with E-state index in [1.165, 1.54) is 11.3 Å². The molecule has 17 heavy (non-hydrogen) atoms. The molecule has 0 radical (unpaired) electrons. The zero-order valence-corrected chi connectivity index (χ0v) is 13.0. The number of anilines is 1. The molecule has 0 bridgehead atoms. The van der Waals surface area contributed by atoms with Gasteiger partial charge >= 0.3 is 0 Å². The lowest BCUT2D eigenvalue weighted by atomic mass is 10.3. The maximum Gasteiger partial charge on any atom is 0.183 e. The van der Waals surface area contributed by atoms with Crippen LogP contribution in [0.15, 0.2) is 22.8 Å². The van der Waals surface area contributed by atoms with Crippen LogP contribution in [-0.4, -0.2) is 4.98 Å². The number of hydrogen-bond acceptors (Lipinski definition) is 3. The molecule has 0 spiro atoms. The number of hydrogen-bond donors (Lipinski definition) is 1. The number of thiazole rings is 1. The molecule has 2 rings (SSSR count). The number of nitrogens with one attached hydrogen (secondary N) is 1. The Balaban J connectivity index is 2.14. The number of nitrogens with zero attached hydrogens (tertiary/aromatic N) is 1. The Bertz CT molecular complexity index is 521. The molecule has 0 fully saturated rings. The lowest BCUT2D eigenvalue weighted by molar-refractivity contribution is 1.17. The van der Waals surface area contributed by atoms with Gasteiger partial charge in [-0.25, -0.2) is 4.98 Å². The maximum absolute atomic E-state index is 6.09. The number of aromatic nitrogens is 1. The molecule has 0 aliphatic carbocycles. The second-order valence-electron chi connectivity index (χ2n) is 3.18. The summed E-state index contributed by atoms with van der Waals surface area (Å²) < 4.78 is 1.37. The average Bonchev–Trinajstić information content (AvgIpc) is 2.62. The minimum absolute atomic E-state index is 0.523. The number of benzene rings is 1. The van der Waals surface area contributed by atoms with Gasteiger partial charge in [-0.3, -0.25) is 0 Å². The van der Waals surface area contributed by atoms with E-state index in [2.05, 4.69) is 26.2 Å². The highest BCUT2D eigenvalue weighted by Gasteiger charge is 2.08.